The van der Waals surface area contributed by atoms with Gasteiger partial charge in [-0.2, -0.15) is 0 Å². The summed E-state index contributed by atoms with van der Waals surface area (Å²) in [5.41, 5.74) is 0.589. The molecule has 1 aromatic rings. The summed E-state index contributed by atoms with van der Waals surface area (Å²) in [6, 6.07) is 3.29. The average Bonchev–Trinajstić information content (AvgIpc) is 2.45. The van der Waals surface area contributed by atoms with Crippen LogP contribution in [0.15, 0.2) is 31.0 Å². The molecule has 0 radical (unpaired) electrons. The van der Waals surface area contributed by atoms with Crippen LogP contribution in [0.2, 0.25) is 0 Å². The predicted octanol–water partition coefficient (Wildman–Crippen LogP) is 2.91. The van der Waals surface area contributed by atoms with E-state index in [1.54, 1.807) is 18.2 Å². The van der Waals surface area contributed by atoms with Gasteiger partial charge in [-0.3, -0.25) is 10.1 Å². The molecule has 0 unspecified atom stereocenters. The summed E-state index contributed by atoms with van der Waals surface area (Å²) in [6.07, 6.45) is 4.65. The summed E-state index contributed by atoms with van der Waals surface area (Å²) in [5, 5.41) is 10.3. The fourth-order valence-corrected chi connectivity index (χ4v) is 1.53. The minimum Gasteiger partial charge on any atom is -0.493 e. The molecule has 6 nitrogen and oxygen atoms in total. The quantitative estimate of drug-likeness (QED) is 0.317. The first-order valence-electron chi connectivity index (χ1n) is 5.93. The Bertz CT molecular complexity index is 485. The second-order valence-corrected chi connectivity index (χ2v) is 3.78. The van der Waals surface area contributed by atoms with E-state index in [1.807, 2.05) is 0 Å². The first-order chi connectivity index (χ1) is 9.62. The molecule has 0 aliphatic heterocycles. The molecule has 0 saturated carbocycles. The van der Waals surface area contributed by atoms with Gasteiger partial charge in [0.1, 0.15) is 0 Å². The summed E-state index contributed by atoms with van der Waals surface area (Å²) in [6.45, 7) is 4.06. The summed E-state index contributed by atoms with van der Waals surface area (Å²) in [4.78, 5) is 9.81. The lowest BCUT2D eigenvalue weighted by Crippen LogP contribution is -2.01. The van der Waals surface area contributed by atoms with E-state index in [0.717, 1.165) is 6.20 Å². The molecule has 0 spiro atoms. The number of rotatable bonds is 8. The Morgan fingerprint density at radius 3 is 2.35 bits per heavy atom. The standard InChI is InChI=1S/C14H17NO5/c1-4-5-8-20-14-12(18-2)9-11(6-7-15(16)17)10-13(14)19-3/h4,6-7,9-10H,1,5,8H2,2-3H3. The first kappa shape index (κ1) is 15.6. The zero-order chi connectivity index (χ0) is 15.0. The molecule has 0 saturated heterocycles. The van der Waals surface area contributed by atoms with Crippen LogP contribution in [0.25, 0.3) is 6.08 Å². The second kappa shape index (κ2) is 7.83. The van der Waals surface area contributed by atoms with Gasteiger partial charge in [0.25, 0.3) is 0 Å². The number of methoxy groups -OCH3 is 2. The number of benzene rings is 1. The van der Waals surface area contributed by atoms with Crippen LogP contribution in [0.3, 0.4) is 0 Å². The van der Waals surface area contributed by atoms with E-state index in [2.05, 4.69) is 6.58 Å². The third-order valence-electron chi connectivity index (χ3n) is 2.44. The van der Waals surface area contributed by atoms with E-state index in [9.17, 15) is 10.1 Å². The van der Waals surface area contributed by atoms with Gasteiger partial charge in [0.2, 0.25) is 11.9 Å². The van der Waals surface area contributed by atoms with Crippen molar-refractivity contribution in [3.05, 3.63) is 46.7 Å². The molecule has 0 bridgehead atoms. The van der Waals surface area contributed by atoms with E-state index >= 15 is 0 Å². The molecular formula is C14H17NO5. The summed E-state index contributed by atoms with van der Waals surface area (Å²) < 4.78 is 16.1. The highest BCUT2D eigenvalue weighted by Crippen LogP contribution is 2.39. The fraction of sp³-hybridized carbons (Fsp3) is 0.286. The van der Waals surface area contributed by atoms with Crippen molar-refractivity contribution in [2.24, 2.45) is 0 Å². The first-order valence-corrected chi connectivity index (χ1v) is 5.93. The molecule has 1 rings (SSSR count). The minimum atomic E-state index is -0.534. The molecule has 0 aliphatic rings. The van der Waals surface area contributed by atoms with Gasteiger partial charge in [0.15, 0.2) is 11.5 Å². The Hall–Kier alpha value is -2.50. The maximum Gasteiger partial charge on any atom is 0.235 e. The van der Waals surface area contributed by atoms with E-state index in [4.69, 9.17) is 14.2 Å². The third-order valence-corrected chi connectivity index (χ3v) is 2.44. The van der Waals surface area contributed by atoms with Crippen molar-refractivity contribution in [3.63, 3.8) is 0 Å². The highest BCUT2D eigenvalue weighted by Gasteiger charge is 2.13. The molecule has 0 atom stereocenters. The zero-order valence-electron chi connectivity index (χ0n) is 11.5. The SMILES string of the molecule is C=CCCOc1c(OC)cc(C=C[N+](=O)[O-])cc1OC. The van der Waals surface area contributed by atoms with E-state index < -0.39 is 4.92 Å². The van der Waals surface area contributed by atoms with Crippen molar-refractivity contribution in [2.45, 2.75) is 6.42 Å². The Balaban J connectivity index is 3.10. The molecule has 0 heterocycles. The van der Waals surface area contributed by atoms with Gasteiger partial charge in [0, 0.05) is 6.08 Å². The third kappa shape index (κ3) is 4.31. The molecule has 20 heavy (non-hydrogen) atoms. The summed E-state index contributed by atoms with van der Waals surface area (Å²) in [5.74, 6) is 1.38. The van der Waals surface area contributed by atoms with Crippen molar-refractivity contribution in [1.29, 1.82) is 0 Å². The van der Waals surface area contributed by atoms with Crippen LogP contribution in [0, 0.1) is 10.1 Å². The number of hydrogen-bond acceptors (Lipinski definition) is 5. The lowest BCUT2D eigenvalue weighted by molar-refractivity contribution is -0.400. The molecule has 6 heteroatoms. The number of nitro groups is 1. The highest BCUT2D eigenvalue weighted by atomic mass is 16.6. The van der Waals surface area contributed by atoms with Gasteiger partial charge in [0.05, 0.1) is 25.7 Å². The molecule has 0 N–H and O–H groups in total. The monoisotopic (exact) mass is 279 g/mol. The van der Waals surface area contributed by atoms with E-state index in [0.29, 0.717) is 35.8 Å². The molecule has 0 amide bonds. The lowest BCUT2D eigenvalue weighted by atomic mass is 10.1. The Kier molecular flexibility index (Phi) is 6.09. The largest absolute Gasteiger partial charge is 0.493 e. The van der Waals surface area contributed by atoms with Crippen LogP contribution in [-0.4, -0.2) is 25.7 Å². The molecule has 0 aliphatic carbocycles. The van der Waals surface area contributed by atoms with Crippen molar-refractivity contribution < 1.29 is 19.1 Å². The fourth-order valence-electron chi connectivity index (χ4n) is 1.53. The van der Waals surface area contributed by atoms with Gasteiger partial charge >= 0.3 is 0 Å². The molecule has 0 aromatic heterocycles. The Morgan fingerprint density at radius 1 is 1.30 bits per heavy atom. The minimum absolute atomic E-state index is 0.445. The van der Waals surface area contributed by atoms with Crippen LogP contribution in [-0.2, 0) is 0 Å². The highest BCUT2D eigenvalue weighted by molar-refractivity contribution is 5.61. The van der Waals surface area contributed by atoms with E-state index in [1.165, 1.54) is 20.3 Å². The molecule has 0 fully saturated rings. The Labute approximate surface area is 117 Å². The van der Waals surface area contributed by atoms with Crippen molar-refractivity contribution in [3.8, 4) is 17.2 Å². The smallest absolute Gasteiger partial charge is 0.235 e. The number of nitrogens with zero attached hydrogens (tertiary/aromatic N) is 1. The van der Waals surface area contributed by atoms with Crippen LogP contribution in [0.5, 0.6) is 17.2 Å². The van der Waals surface area contributed by atoms with Crippen LogP contribution in [0.4, 0.5) is 0 Å². The zero-order valence-corrected chi connectivity index (χ0v) is 11.5. The van der Waals surface area contributed by atoms with Gasteiger partial charge in [-0.05, 0) is 24.1 Å². The van der Waals surface area contributed by atoms with Gasteiger partial charge in [-0.25, -0.2) is 0 Å². The van der Waals surface area contributed by atoms with Crippen LogP contribution in [0.1, 0.15) is 12.0 Å². The van der Waals surface area contributed by atoms with Gasteiger partial charge in [-0.15, -0.1) is 6.58 Å². The number of ether oxygens (including phenoxy) is 3. The molecule has 108 valence electrons. The topological polar surface area (TPSA) is 70.8 Å². The lowest BCUT2D eigenvalue weighted by Gasteiger charge is -2.14. The van der Waals surface area contributed by atoms with Crippen molar-refractivity contribution in [2.75, 3.05) is 20.8 Å². The van der Waals surface area contributed by atoms with Crippen molar-refractivity contribution in [1.82, 2.24) is 0 Å². The van der Waals surface area contributed by atoms with Crippen molar-refractivity contribution >= 4 is 6.08 Å². The summed E-state index contributed by atoms with van der Waals surface area (Å²) >= 11 is 0. The van der Waals surface area contributed by atoms with E-state index in [-0.39, 0.29) is 0 Å². The molecular weight excluding hydrogens is 262 g/mol. The van der Waals surface area contributed by atoms with Crippen LogP contribution < -0.4 is 14.2 Å². The molecule has 1 aromatic carbocycles. The summed E-state index contributed by atoms with van der Waals surface area (Å²) in [7, 11) is 2.99. The Morgan fingerprint density at radius 2 is 1.90 bits per heavy atom. The average molecular weight is 279 g/mol. The maximum absolute atomic E-state index is 10.3. The van der Waals surface area contributed by atoms with Crippen LogP contribution >= 0.6 is 0 Å². The normalized spacial score (nSPS) is 10.3. The van der Waals surface area contributed by atoms with Gasteiger partial charge in [-0.1, -0.05) is 6.08 Å². The second-order valence-electron chi connectivity index (χ2n) is 3.78. The number of hydrogen-bond donors (Lipinski definition) is 0. The van der Waals surface area contributed by atoms with Gasteiger partial charge < -0.3 is 14.2 Å². The predicted molar refractivity (Wildman–Crippen MR) is 75.9 cm³/mol. The maximum atomic E-state index is 10.3.